The predicted molar refractivity (Wildman–Crippen MR) is 97.4 cm³/mol. The Hall–Kier alpha value is -2.40. The summed E-state index contributed by atoms with van der Waals surface area (Å²) in [5.41, 5.74) is 3.55. The van der Waals surface area contributed by atoms with E-state index >= 15 is 0 Å². The van der Waals surface area contributed by atoms with Crippen molar-refractivity contribution >= 4 is 27.5 Å². The first kappa shape index (κ1) is 16.5. The van der Waals surface area contributed by atoms with Gasteiger partial charge in [-0.05, 0) is 43.2 Å². The van der Waals surface area contributed by atoms with E-state index in [9.17, 15) is 4.79 Å². The average molecular weight is 340 g/mol. The number of rotatable bonds is 4. The van der Waals surface area contributed by atoms with Gasteiger partial charge in [-0.1, -0.05) is 35.6 Å². The molecule has 4 nitrogen and oxygen atoms in total. The van der Waals surface area contributed by atoms with Gasteiger partial charge in [-0.2, -0.15) is 4.99 Å². The molecule has 0 aliphatic rings. The molecule has 124 valence electrons. The normalized spacial score (nSPS) is 11.9. The minimum Gasteiger partial charge on any atom is -0.493 e. The number of carbonyl (C=O) groups is 1. The fourth-order valence-electron chi connectivity index (χ4n) is 2.72. The number of amides is 1. The number of benzene rings is 2. The summed E-state index contributed by atoms with van der Waals surface area (Å²) in [6.45, 7) is 4.50. The van der Waals surface area contributed by atoms with Crippen molar-refractivity contribution in [3.8, 4) is 5.75 Å². The second-order valence-corrected chi connectivity index (χ2v) is 6.80. The smallest absolute Gasteiger partial charge is 0.251 e. The number of aryl methyl sites for hydroxylation is 3. The molecule has 0 spiro atoms. The quantitative estimate of drug-likeness (QED) is 0.726. The number of hydrogen-bond donors (Lipinski definition) is 0. The van der Waals surface area contributed by atoms with Crippen LogP contribution in [0.2, 0.25) is 0 Å². The van der Waals surface area contributed by atoms with Crippen molar-refractivity contribution in [2.24, 2.45) is 12.0 Å². The molecule has 1 heterocycles. The SMILES string of the molecule is Cc1cc(C)c2c(c1)sc(=NC(=O)CCOc1ccccc1)n2C. The van der Waals surface area contributed by atoms with E-state index in [1.165, 1.54) is 11.1 Å². The second kappa shape index (κ2) is 7.01. The van der Waals surface area contributed by atoms with Crippen LogP contribution in [0.4, 0.5) is 0 Å². The van der Waals surface area contributed by atoms with Gasteiger partial charge >= 0.3 is 0 Å². The summed E-state index contributed by atoms with van der Waals surface area (Å²) in [6.07, 6.45) is 0.265. The zero-order valence-corrected chi connectivity index (χ0v) is 14.9. The van der Waals surface area contributed by atoms with Crippen LogP contribution in [0.5, 0.6) is 5.75 Å². The van der Waals surface area contributed by atoms with Crippen molar-refractivity contribution < 1.29 is 9.53 Å². The Morgan fingerprint density at radius 1 is 1.21 bits per heavy atom. The summed E-state index contributed by atoms with van der Waals surface area (Å²) in [7, 11) is 1.95. The van der Waals surface area contributed by atoms with Crippen molar-refractivity contribution in [3.63, 3.8) is 0 Å². The standard InChI is InChI=1S/C19H20N2O2S/c1-13-11-14(2)18-16(12-13)24-19(21(18)3)20-17(22)9-10-23-15-7-5-4-6-8-15/h4-8,11-12H,9-10H2,1-3H3. The summed E-state index contributed by atoms with van der Waals surface area (Å²) in [5.74, 6) is 0.603. The number of carbonyl (C=O) groups excluding carboxylic acids is 1. The van der Waals surface area contributed by atoms with Crippen LogP contribution >= 0.6 is 11.3 Å². The van der Waals surface area contributed by atoms with Gasteiger partial charge in [0.25, 0.3) is 5.91 Å². The highest BCUT2D eigenvalue weighted by molar-refractivity contribution is 7.16. The van der Waals surface area contributed by atoms with Crippen molar-refractivity contribution in [2.75, 3.05) is 6.61 Å². The zero-order chi connectivity index (χ0) is 17.1. The molecule has 3 aromatic rings. The van der Waals surface area contributed by atoms with E-state index in [-0.39, 0.29) is 12.3 Å². The number of nitrogens with zero attached hydrogens (tertiary/aromatic N) is 2. The maximum Gasteiger partial charge on any atom is 0.251 e. The van der Waals surface area contributed by atoms with E-state index in [1.807, 2.05) is 41.9 Å². The van der Waals surface area contributed by atoms with E-state index < -0.39 is 0 Å². The topological polar surface area (TPSA) is 43.6 Å². The highest BCUT2D eigenvalue weighted by Gasteiger charge is 2.08. The van der Waals surface area contributed by atoms with Gasteiger partial charge in [-0.15, -0.1) is 0 Å². The first-order chi connectivity index (χ1) is 11.5. The first-order valence-electron chi connectivity index (χ1n) is 7.87. The molecule has 5 heteroatoms. The molecule has 0 atom stereocenters. The summed E-state index contributed by atoms with van der Waals surface area (Å²) in [5, 5.41) is 0. The molecule has 0 saturated carbocycles. The molecule has 0 aliphatic heterocycles. The fraction of sp³-hybridized carbons (Fsp3) is 0.263. The molecule has 24 heavy (non-hydrogen) atoms. The minimum absolute atomic E-state index is 0.164. The number of aromatic nitrogens is 1. The largest absolute Gasteiger partial charge is 0.493 e. The molecular formula is C19H20N2O2S. The van der Waals surface area contributed by atoms with Crippen molar-refractivity contribution in [1.29, 1.82) is 0 Å². The van der Waals surface area contributed by atoms with Crippen LogP contribution in [-0.4, -0.2) is 17.1 Å². The van der Waals surface area contributed by atoms with Gasteiger partial charge in [0.2, 0.25) is 0 Å². The lowest BCUT2D eigenvalue weighted by Gasteiger charge is -2.03. The summed E-state index contributed by atoms with van der Waals surface area (Å²) in [4.78, 5) is 17.1. The van der Waals surface area contributed by atoms with Crippen LogP contribution in [-0.2, 0) is 11.8 Å². The molecule has 3 rings (SSSR count). The van der Waals surface area contributed by atoms with Crippen molar-refractivity contribution in [3.05, 3.63) is 58.4 Å². The van der Waals surface area contributed by atoms with E-state index in [0.717, 1.165) is 20.8 Å². The highest BCUT2D eigenvalue weighted by Crippen LogP contribution is 2.22. The van der Waals surface area contributed by atoms with Gasteiger partial charge in [0.15, 0.2) is 4.80 Å². The lowest BCUT2D eigenvalue weighted by molar-refractivity contribution is -0.118. The predicted octanol–water partition coefficient (Wildman–Crippen LogP) is 3.75. The number of para-hydroxylation sites is 1. The maximum atomic E-state index is 12.1. The Kier molecular flexibility index (Phi) is 4.81. The van der Waals surface area contributed by atoms with E-state index in [4.69, 9.17) is 4.74 Å². The Morgan fingerprint density at radius 3 is 2.71 bits per heavy atom. The average Bonchev–Trinajstić information content (AvgIpc) is 2.84. The van der Waals surface area contributed by atoms with Crippen LogP contribution in [0.3, 0.4) is 0 Å². The summed E-state index contributed by atoms with van der Waals surface area (Å²) >= 11 is 1.55. The molecule has 2 aromatic carbocycles. The lowest BCUT2D eigenvalue weighted by atomic mass is 10.1. The third-order valence-electron chi connectivity index (χ3n) is 3.78. The van der Waals surface area contributed by atoms with Gasteiger partial charge in [0.05, 0.1) is 23.2 Å². The molecule has 1 aromatic heterocycles. The molecule has 1 amide bonds. The number of fused-ring (bicyclic) bond motifs is 1. The Morgan fingerprint density at radius 2 is 1.96 bits per heavy atom. The lowest BCUT2D eigenvalue weighted by Crippen LogP contribution is -2.14. The van der Waals surface area contributed by atoms with Gasteiger partial charge in [0, 0.05) is 7.05 Å². The van der Waals surface area contributed by atoms with Gasteiger partial charge < -0.3 is 9.30 Å². The van der Waals surface area contributed by atoms with Gasteiger partial charge in [-0.25, -0.2) is 0 Å². The summed E-state index contributed by atoms with van der Waals surface area (Å²) in [6, 6.07) is 13.8. The highest BCUT2D eigenvalue weighted by atomic mass is 32.1. The van der Waals surface area contributed by atoms with Gasteiger partial charge in [0.1, 0.15) is 5.75 Å². The Bertz CT molecular complexity index is 939. The molecule has 0 saturated heterocycles. The molecule has 0 aliphatic carbocycles. The van der Waals surface area contributed by atoms with Crippen LogP contribution in [0.15, 0.2) is 47.5 Å². The fourth-order valence-corrected chi connectivity index (χ4v) is 3.94. The third-order valence-corrected chi connectivity index (χ3v) is 4.86. The zero-order valence-electron chi connectivity index (χ0n) is 14.1. The molecule has 0 bridgehead atoms. The summed E-state index contributed by atoms with van der Waals surface area (Å²) < 4.78 is 8.70. The number of hydrogen-bond acceptors (Lipinski definition) is 3. The Labute approximate surface area is 145 Å². The second-order valence-electron chi connectivity index (χ2n) is 5.79. The molecule has 0 N–H and O–H groups in total. The molecule has 0 fully saturated rings. The van der Waals surface area contributed by atoms with Crippen LogP contribution in [0.1, 0.15) is 17.5 Å². The van der Waals surface area contributed by atoms with Crippen LogP contribution < -0.4 is 9.54 Å². The van der Waals surface area contributed by atoms with E-state index in [0.29, 0.717) is 6.61 Å². The van der Waals surface area contributed by atoms with Crippen LogP contribution in [0, 0.1) is 13.8 Å². The first-order valence-corrected chi connectivity index (χ1v) is 8.68. The number of thiazole rings is 1. The third kappa shape index (κ3) is 3.57. The molecule has 0 unspecified atom stereocenters. The van der Waals surface area contributed by atoms with Crippen LogP contribution in [0.25, 0.3) is 10.2 Å². The maximum absolute atomic E-state index is 12.1. The Balaban J connectivity index is 1.76. The van der Waals surface area contributed by atoms with E-state index in [1.54, 1.807) is 11.3 Å². The van der Waals surface area contributed by atoms with Crippen molar-refractivity contribution in [1.82, 2.24) is 4.57 Å². The molecule has 0 radical (unpaired) electrons. The van der Waals surface area contributed by atoms with Crippen molar-refractivity contribution in [2.45, 2.75) is 20.3 Å². The van der Waals surface area contributed by atoms with Gasteiger partial charge in [-0.3, -0.25) is 4.79 Å². The minimum atomic E-state index is -0.164. The number of ether oxygens (including phenoxy) is 1. The monoisotopic (exact) mass is 340 g/mol. The molecular weight excluding hydrogens is 320 g/mol. The van der Waals surface area contributed by atoms with E-state index in [2.05, 4.69) is 31.0 Å².